The van der Waals surface area contributed by atoms with E-state index in [1.165, 1.54) is 6.92 Å². The SMILES string of the molecule is CCNC(C)(c1ccc(C)cc1C)C(F)(F)F. The number of halogens is 3. The molecule has 17 heavy (non-hydrogen) atoms. The molecule has 0 radical (unpaired) electrons. The number of alkyl halides is 3. The van der Waals surface area contributed by atoms with Crippen LogP contribution in [-0.4, -0.2) is 12.7 Å². The van der Waals surface area contributed by atoms with Crippen molar-refractivity contribution >= 4 is 0 Å². The number of rotatable bonds is 3. The molecule has 0 aromatic heterocycles. The largest absolute Gasteiger partial charge is 0.410 e. The van der Waals surface area contributed by atoms with Gasteiger partial charge in [-0.1, -0.05) is 30.7 Å². The lowest BCUT2D eigenvalue weighted by molar-refractivity contribution is -0.195. The summed E-state index contributed by atoms with van der Waals surface area (Å²) in [6.45, 7) is 6.71. The summed E-state index contributed by atoms with van der Waals surface area (Å²) in [5.74, 6) is 0. The topological polar surface area (TPSA) is 12.0 Å². The van der Waals surface area contributed by atoms with E-state index in [1.54, 1.807) is 32.0 Å². The van der Waals surface area contributed by atoms with Gasteiger partial charge >= 0.3 is 6.18 Å². The van der Waals surface area contributed by atoms with Crippen LogP contribution in [0.5, 0.6) is 0 Å². The second-order valence-corrected chi connectivity index (χ2v) is 4.47. The van der Waals surface area contributed by atoms with Crippen LogP contribution in [0.4, 0.5) is 13.2 Å². The first-order valence-corrected chi connectivity index (χ1v) is 5.62. The molecule has 0 fully saturated rings. The molecule has 0 saturated carbocycles. The van der Waals surface area contributed by atoms with Gasteiger partial charge in [-0.15, -0.1) is 0 Å². The first-order chi connectivity index (χ1) is 7.72. The molecule has 0 aliphatic carbocycles. The zero-order valence-corrected chi connectivity index (χ0v) is 10.6. The first-order valence-electron chi connectivity index (χ1n) is 5.62. The number of hydrogen-bond donors (Lipinski definition) is 1. The van der Waals surface area contributed by atoms with Crippen LogP contribution in [0.1, 0.15) is 30.5 Å². The van der Waals surface area contributed by atoms with Crippen molar-refractivity contribution in [2.24, 2.45) is 0 Å². The van der Waals surface area contributed by atoms with Gasteiger partial charge in [0.15, 0.2) is 0 Å². The molecule has 1 atom stereocenters. The minimum absolute atomic E-state index is 0.267. The highest BCUT2D eigenvalue weighted by atomic mass is 19.4. The van der Waals surface area contributed by atoms with Crippen LogP contribution < -0.4 is 5.32 Å². The molecule has 0 aliphatic heterocycles. The zero-order valence-electron chi connectivity index (χ0n) is 10.6. The maximum absolute atomic E-state index is 13.2. The van der Waals surface area contributed by atoms with E-state index in [4.69, 9.17) is 0 Å². The zero-order chi connectivity index (χ0) is 13.3. The van der Waals surface area contributed by atoms with Gasteiger partial charge < -0.3 is 5.32 Å². The lowest BCUT2D eigenvalue weighted by Crippen LogP contribution is -2.51. The lowest BCUT2D eigenvalue weighted by Gasteiger charge is -2.34. The average Bonchev–Trinajstić information content (AvgIpc) is 2.15. The van der Waals surface area contributed by atoms with Crippen molar-refractivity contribution in [3.8, 4) is 0 Å². The highest BCUT2D eigenvalue weighted by molar-refractivity contribution is 5.36. The molecule has 4 heteroatoms. The third kappa shape index (κ3) is 2.63. The Bertz CT molecular complexity index is 398. The van der Waals surface area contributed by atoms with Crippen LogP contribution in [0.3, 0.4) is 0 Å². The molecular weight excluding hydrogens is 227 g/mol. The Hall–Kier alpha value is -1.03. The molecule has 1 nitrogen and oxygen atoms in total. The van der Waals surface area contributed by atoms with Crippen molar-refractivity contribution in [2.75, 3.05) is 6.54 Å². The van der Waals surface area contributed by atoms with Gasteiger partial charge in [0.1, 0.15) is 5.54 Å². The molecule has 0 saturated heterocycles. The number of hydrogen-bond acceptors (Lipinski definition) is 1. The monoisotopic (exact) mass is 245 g/mol. The smallest absolute Gasteiger partial charge is 0.300 e. The van der Waals surface area contributed by atoms with Gasteiger partial charge in [0, 0.05) is 0 Å². The first kappa shape index (κ1) is 14.0. The van der Waals surface area contributed by atoms with Crippen LogP contribution in [0.25, 0.3) is 0 Å². The Kier molecular flexibility index (Phi) is 3.87. The predicted molar refractivity (Wildman–Crippen MR) is 63.0 cm³/mol. The summed E-state index contributed by atoms with van der Waals surface area (Å²) in [5, 5.41) is 2.55. The number of nitrogens with one attached hydrogen (secondary N) is 1. The van der Waals surface area contributed by atoms with Crippen LogP contribution in [0.2, 0.25) is 0 Å². The molecule has 96 valence electrons. The standard InChI is InChI=1S/C13H18F3N/c1-5-17-12(4,13(14,15)16)11-7-6-9(2)8-10(11)3/h6-8,17H,5H2,1-4H3. The third-order valence-electron chi connectivity index (χ3n) is 3.02. The van der Waals surface area contributed by atoms with Crippen LogP contribution in [0, 0.1) is 13.8 Å². The van der Waals surface area contributed by atoms with E-state index in [-0.39, 0.29) is 12.1 Å². The quantitative estimate of drug-likeness (QED) is 0.856. The molecule has 0 amide bonds. The normalized spacial score (nSPS) is 15.7. The Balaban J connectivity index is 3.32. The highest BCUT2D eigenvalue weighted by Gasteiger charge is 2.52. The predicted octanol–water partition coefficient (Wildman–Crippen LogP) is 3.69. The van der Waals surface area contributed by atoms with Crippen molar-refractivity contribution in [1.29, 1.82) is 0 Å². The molecule has 0 heterocycles. The summed E-state index contributed by atoms with van der Waals surface area (Å²) >= 11 is 0. The van der Waals surface area contributed by atoms with Crippen molar-refractivity contribution in [1.82, 2.24) is 5.32 Å². The van der Waals surface area contributed by atoms with E-state index in [0.717, 1.165) is 5.56 Å². The molecule has 1 N–H and O–H groups in total. The van der Waals surface area contributed by atoms with E-state index < -0.39 is 11.7 Å². The van der Waals surface area contributed by atoms with Crippen molar-refractivity contribution in [3.05, 3.63) is 34.9 Å². The molecule has 0 spiro atoms. The van der Waals surface area contributed by atoms with Crippen molar-refractivity contribution in [3.63, 3.8) is 0 Å². The Morgan fingerprint density at radius 2 is 1.76 bits per heavy atom. The minimum Gasteiger partial charge on any atom is -0.300 e. The fourth-order valence-electron chi connectivity index (χ4n) is 2.08. The Morgan fingerprint density at radius 3 is 2.18 bits per heavy atom. The number of benzene rings is 1. The third-order valence-corrected chi connectivity index (χ3v) is 3.02. The summed E-state index contributed by atoms with van der Waals surface area (Å²) in [5.41, 5.74) is -0.0741. The van der Waals surface area contributed by atoms with Crippen molar-refractivity contribution < 1.29 is 13.2 Å². The summed E-state index contributed by atoms with van der Waals surface area (Å²) in [7, 11) is 0. The van der Waals surface area contributed by atoms with Gasteiger partial charge in [0.2, 0.25) is 0 Å². The summed E-state index contributed by atoms with van der Waals surface area (Å²) in [6, 6.07) is 5.04. The number of aryl methyl sites for hydroxylation is 2. The maximum Gasteiger partial charge on any atom is 0.410 e. The highest BCUT2D eigenvalue weighted by Crippen LogP contribution is 2.39. The van der Waals surface area contributed by atoms with E-state index in [9.17, 15) is 13.2 Å². The van der Waals surface area contributed by atoms with Gasteiger partial charge in [0.25, 0.3) is 0 Å². The molecule has 0 aliphatic rings. The van der Waals surface area contributed by atoms with Crippen LogP contribution >= 0.6 is 0 Å². The molecule has 1 aromatic rings. The van der Waals surface area contributed by atoms with Gasteiger partial charge in [0.05, 0.1) is 0 Å². The molecule has 1 rings (SSSR count). The average molecular weight is 245 g/mol. The van der Waals surface area contributed by atoms with Crippen molar-refractivity contribution in [2.45, 2.75) is 39.4 Å². The van der Waals surface area contributed by atoms with E-state index in [0.29, 0.717) is 5.56 Å². The molecule has 0 bridgehead atoms. The van der Waals surface area contributed by atoms with Crippen LogP contribution in [0.15, 0.2) is 18.2 Å². The van der Waals surface area contributed by atoms with E-state index in [2.05, 4.69) is 5.32 Å². The molecular formula is C13H18F3N. The Labute approximate surface area is 100 Å². The summed E-state index contributed by atoms with van der Waals surface area (Å²) < 4.78 is 39.6. The van der Waals surface area contributed by atoms with E-state index >= 15 is 0 Å². The fraction of sp³-hybridized carbons (Fsp3) is 0.538. The second kappa shape index (κ2) is 4.69. The lowest BCUT2D eigenvalue weighted by atomic mass is 9.87. The maximum atomic E-state index is 13.2. The molecule has 1 unspecified atom stereocenters. The van der Waals surface area contributed by atoms with Crippen LogP contribution in [-0.2, 0) is 5.54 Å². The minimum atomic E-state index is -4.32. The summed E-state index contributed by atoms with van der Waals surface area (Å²) in [6.07, 6.45) is -4.32. The van der Waals surface area contributed by atoms with Gasteiger partial charge in [-0.25, -0.2) is 0 Å². The van der Waals surface area contributed by atoms with Gasteiger partial charge in [-0.05, 0) is 38.4 Å². The fourth-order valence-corrected chi connectivity index (χ4v) is 2.08. The summed E-state index contributed by atoms with van der Waals surface area (Å²) in [4.78, 5) is 0. The molecule has 1 aromatic carbocycles. The van der Waals surface area contributed by atoms with Gasteiger partial charge in [-0.3, -0.25) is 0 Å². The Morgan fingerprint density at radius 1 is 1.18 bits per heavy atom. The second-order valence-electron chi connectivity index (χ2n) is 4.47. The van der Waals surface area contributed by atoms with Gasteiger partial charge in [-0.2, -0.15) is 13.2 Å². The van der Waals surface area contributed by atoms with E-state index in [1.807, 2.05) is 6.92 Å².